The van der Waals surface area contributed by atoms with E-state index in [0.29, 0.717) is 0 Å². The number of halogens is 3. The molecule has 22 heavy (non-hydrogen) atoms. The lowest BCUT2D eigenvalue weighted by Crippen LogP contribution is -2.20. The largest absolute Gasteiger partial charge is 0.467 e. The number of ether oxygens (including phenoxy) is 1. The van der Waals surface area contributed by atoms with Crippen LogP contribution < -0.4 is 15.4 Å². The number of nitrogens with zero attached hydrogens (tertiary/aromatic N) is 2. The van der Waals surface area contributed by atoms with E-state index in [0.717, 1.165) is 12.1 Å². The summed E-state index contributed by atoms with van der Waals surface area (Å²) in [4.78, 5) is 19.3. The smallest absolute Gasteiger partial charge is 0.416 e. The summed E-state index contributed by atoms with van der Waals surface area (Å²) in [5.74, 6) is 0. The minimum atomic E-state index is -4.47. The van der Waals surface area contributed by atoms with Crippen LogP contribution in [0.2, 0.25) is 0 Å². The summed E-state index contributed by atoms with van der Waals surface area (Å²) in [5, 5.41) is 4.68. The summed E-state index contributed by atoms with van der Waals surface area (Å²) in [6.07, 6.45) is -1.87. The van der Waals surface area contributed by atoms with E-state index in [1.165, 1.54) is 31.6 Å². The van der Waals surface area contributed by atoms with Crippen molar-refractivity contribution < 1.29 is 22.7 Å². The number of nitrogens with one attached hydrogen (secondary N) is 2. The topological polar surface area (TPSA) is 76.1 Å². The number of amides is 2. The molecule has 2 rings (SSSR count). The van der Waals surface area contributed by atoms with Crippen molar-refractivity contribution in [3.63, 3.8) is 0 Å². The molecular weight excluding hydrogens is 301 g/mol. The number of hydrogen-bond acceptors (Lipinski definition) is 4. The van der Waals surface area contributed by atoms with Crippen molar-refractivity contribution in [2.24, 2.45) is 0 Å². The molecule has 0 atom stereocenters. The average molecular weight is 312 g/mol. The molecular formula is C13H11F3N4O2. The number of carbonyl (C=O) groups is 1. The second-order valence-electron chi connectivity index (χ2n) is 4.12. The molecule has 1 aromatic heterocycles. The SMILES string of the molecule is COc1ncc(NC(=O)Nc2cccc(C(F)(F)F)c2)cn1. The van der Waals surface area contributed by atoms with Gasteiger partial charge in [0.05, 0.1) is 30.8 Å². The lowest BCUT2D eigenvalue weighted by Gasteiger charge is -2.10. The van der Waals surface area contributed by atoms with Crippen molar-refractivity contribution in [1.29, 1.82) is 0 Å². The van der Waals surface area contributed by atoms with Crippen LogP contribution in [0.3, 0.4) is 0 Å². The number of hydrogen-bond donors (Lipinski definition) is 2. The maximum Gasteiger partial charge on any atom is 0.416 e. The van der Waals surface area contributed by atoms with Gasteiger partial charge in [0.1, 0.15) is 0 Å². The fraction of sp³-hybridized carbons (Fsp3) is 0.154. The number of carbonyl (C=O) groups excluding carboxylic acids is 1. The third-order valence-electron chi connectivity index (χ3n) is 2.52. The molecule has 2 aromatic rings. The van der Waals surface area contributed by atoms with Crippen molar-refractivity contribution in [3.05, 3.63) is 42.2 Å². The highest BCUT2D eigenvalue weighted by molar-refractivity contribution is 5.99. The van der Waals surface area contributed by atoms with Crippen molar-refractivity contribution in [2.45, 2.75) is 6.18 Å². The minimum Gasteiger partial charge on any atom is -0.467 e. The normalized spacial score (nSPS) is 10.9. The van der Waals surface area contributed by atoms with Gasteiger partial charge in [-0.2, -0.15) is 13.2 Å². The van der Waals surface area contributed by atoms with Crippen molar-refractivity contribution in [3.8, 4) is 6.01 Å². The van der Waals surface area contributed by atoms with Gasteiger partial charge in [0.15, 0.2) is 0 Å². The van der Waals surface area contributed by atoms with Gasteiger partial charge in [-0.3, -0.25) is 0 Å². The Morgan fingerprint density at radius 1 is 1.14 bits per heavy atom. The highest BCUT2D eigenvalue weighted by Gasteiger charge is 2.30. The molecule has 6 nitrogen and oxygen atoms in total. The highest BCUT2D eigenvalue weighted by atomic mass is 19.4. The van der Waals surface area contributed by atoms with Crippen molar-refractivity contribution >= 4 is 17.4 Å². The van der Waals surface area contributed by atoms with Gasteiger partial charge in [0, 0.05) is 5.69 Å². The Labute approximate surface area is 123 Å². The summed E-state index contributed by atoms with van der Waals surface area (Å²) in [6, 6.07) is 3.72. The molecule has 1 heterocycles. The van der Waals surface area contributed by atoms with Gasteiger partial charge in [-0.1, -0.05) is 6.07 Å². The first kappa shape index (κ1) is 15.5. The second-order valence-corrected chi connectivity index (χ2v) is 4.12. The molecule has 1 aromatic carbocycles. The molecule has 0 fully saturated rings. The van der Waals surface area contributed by atoms with E-state index in [4.69, 9.17) is 4.74 Å². The summed E-state index contributed by atoms with van der Waals surface area (Å²) < 4.78 is 42.5. The summed E-state index contributed by atoms with van der Waals surface area (Å²) >= 11 is 0. The Balaban J connectivity index is 2.02. The zero-order valence-corrected chi connectivity index (χ0v) is 11.3. The fourth-order valence-corrected chi connectivity index (χ4v) is 1.55. The number of alkyl halides is 3. The van der Waals surface area contributed by atoms with Gasteiger partial charge in [0.25, 0.3) is 0 Å². The lowest BCUT2D eigenvalue weighted by molar-refractivity contribution is -0.137. The molecule has 0 spiro atoms. The van der Waals surface area contributed by atoms with E-state index in [9.17, 15) is 18.0 Å². The highest BCUT2D eigenvalue weighted by Crippen LogP contribution is 2.30. The van der Waals surface area contributed by atoms with E-state index in [1.54, 1.807) is 0 Å². The molecule has 2 N–H and O–H groups in total. The van der Waals surface area contributed by atoms with Crippen LogP contribution in [0.5, 0.6) is 6.01 Å². The Morgan fingerprint density at radius 2 is 1.77 bits per heavy atom. The summed E-state index contributed by atoms with van der Waals surface area (Å²) in [7, 11) is 1.39. The van der Waals surface area contributed by atoms with Crippen molar-refractivity contribution in [1.82, 2.24) is 9.97 Å². The predicted octanol–water partition coefficient (Wildman–Crippen LogP) is 3.15. The van der Waals surface area contributed by atoms with Gasteiger partial charge in [-0.25, -0.2) is 14.8 Å². The summed E-state index contributed by atoms with van der Waals surface area (Å²) in [5.41, 5.74) is -0.565. The number of methoxy groups -OCH3 is 1. The van der Waals surface area contributed by atoms with Crippen LogP contribution >= 0.6 is 0 Å². The molecule has 0 saturated heterocycles. The van der Waals surface area contributed by atoms with Gasteiger partial charge in [-0.05, 0) is 18.2 Å². The number of urea groups is 1. The average Bonchev–Trinajstić information content (AvgIpc) is 2.47. The van der Waals surface area contributed by atoms with Crippen LogP contribution in [-0.4, -0.2) is 23.1 Å². The van der Waals surface area contributed by atoms with Crippen LogP contribution in [0.4, 0.5) is 29.3 Å². The maximum atomic E-state index is 12.6. The standard InChI is InChI=1S/C13H11F3N4O2/c1-22-12-17-6-10(7-18-12)20-11(21)19-9-4-2-3-8(5-9)13(14,15)16/h2-7H,1H3,(H2,19,20,21). The Bertz CT molecular complexity index is 659. The van der Waals surface area contributed by atoms with Gasteiger partial charge < -0.3 is 15.4 Å². The molecule has 2 amide bonds. The Kier molecular flexibility index (Phi) is 4.44. The van der Waals surface area contributed by atoms with Crippen LogP contribution in [0.15, 0.2) is 36.7 Å². The number of benzene rings is 1. The molecule has 0 radical (unpaired) electrons. The van der Waals surface area contributed by atoms with E-state index in [1.807, 2.05) is 0 Å². The van der Waals surface area contributed by atoms with E-state index in [2.05, 4.69) is 20.6 Å². The number of aromatic nitrogens is 2. The molecule has 0 aliphatic heterocycles. The van der Waals surface area contributed by atoms with Crippen LogP contribution in [0, 0.1) is 0 Å². The van der Waals surface area contributed by atoms with E-state index < -0.39 is 17.8 Å². The molecule has 9 heteroatoms. The summed E-state index contributed by atoms with van der Waals surface area (Å²) in [6.45, 7) is 0. The van der Waals surface area contributed by atoms with E-state index in [-0.39, 0.29) is 17.4 Å². The third-order valence-corrected chi connectivity index (χ3v) is 2.52. The van der Waals surface area contributed by atoms with Crippen LogP contribution in [0.1, 0.15) is 5.56 Å². The number of rotatable bonds is 3. The molecule has 0 aliphatic carbocycles. The lowest BCUT2D eigenvalue weighted by atomic mass is 10.2. The second kappa shape index (κ2) is 6.29. The van der Waals surface area contributed by atoms with Gasteiger partial charge in [0.2, 0.25) is 0 Å². The fourth-order valence-electron chi connectivity index (χ4n) is 1.55. The molecule has 0 saturated carbocycles. The number of anilines is 2. The zero-order chi connectivity index (χ0) is 16.2. The predicted molar refractivity (Wildman–Crippen MR) is 72.7 cm³/mol. The molecule has 0 bridgehead atoms. The first-order valence-electron chi connectivity index (χ1n) is 6.00. The van der Waals surface area contributed by atoms with Gasteiger partial charge >= 0.3 is 18.2 Å². The minimum absolute atomic E-state index is 0.0155. The quantitative estimate of drug-likeness (QED) is 0.913. The Morgan fingerprint density at radius 3 is 2.36 bits per heavy atom. The molecule has 116 valence electrons. The van der Waals surface area contributed by atoms with E-state index >= 15 is 0 Å². The first-order valence-corrected chi connectivity index (χ1v) is 6.00. The monoisotopic (exact) mass is 312 g/mol. The van der Waals surface area contributed by atoms with Crippen LogP contribution in [-0.2, 0) is 6.18 Å². The molecule has 0 unspecified atom stereocenters. The maximum absolute atomic E-state index is 12.6. The first-order chi connectivity index (χ1) is 10.4. The Hall–Kier alpha value is -2.84. The zero-order valence-electron chi connectivity index (χ0n) is 11.3. The molecule has 0 aliphatic rings. The van der Waals surface area contributed by atoms with Crippen LogP contribution in [0.25, 0.3) is 0 Å². The third kappa shape index (κ3) is 4.08. The van der Waals surface area contributed by atoms with Crippen molar-refractivity contribution in [2.75, 3.05) is 17.7 Å². The van der Waals surface area contributed by atoms with Gasteiger partial charge in [-0.15, -0.1) is 0 Å².